The quantitative estimate of drug-likeness (QED) is 0.530. The van der Waals surface area contributed by atoms with E-state index in [1.54, 1.807) is 0 Å². The largest absolute Gasteiger partial charge is 0.308 e. The molecule has 2 atom stereocenters. The number of nitrogens with one attached hydrogen (secondary N) is 1. The fourth-order valence-corrected chi connectivity index (χ4v) is 1.48. The molecule has 0 bridgehead atoms. The van der Waals surface area contributed by atoms with Gasteiger partial charge in [-0.2, -0.15) is 0 Å². The molecule has 1 aliphatic carbocycles. The lowest BCUT2D eigenvalue weighted by atomic mass is 10.2. The van der Waals surface area contributed by atoms with Crippen LogP contribution in [0.25, 0.3) is 0 Å². The molecule has 0 aromatic heterocycles. The van der Waals surface area contributed by atoms with E-state index in [1.165, 1.54) is 19.3 Å². The van der Waals surface area contributed by atoms with Gasteiger partial charge in [0.05, 0.1) is 0 Å². The Morgan fingerprint density at radius 1 is 1.50 bits per heavy atom. The van der Waals surface area contributed by atoms with Crippen molar-refractivity contribution in [3.63, 3.8) is 0 Å². The first kappa shape index (κ1) is 4.80. The van der Waals surface area contributed by atoms with E-state index in [4.69, 9.17) is 0 Å². The van der Waals surface area contributed by atoms with E-state index in [0.29, 0.717) is 0 Å². The zero-order valence-corrected chi connectivity index (χ0v) is 5.35. The number of hydrogen-bond acceptors (Lipinski definition) is 1. The Morgan fingerprint density at radius 3 is 2.62 bits per heavy atom. The van der Waals surface area contributed by atoms with Crippen LogP contribution in [0.4, 0.5) is 0 Å². The third kappa shape index (κ3) is 0.655. The van der Waals surface area contributed by atoms with Crippen molar-refractivity contribution in [2.24, 2.45) is 5.92 Å². The molecule has 1 N–H and O–H groups in total. The van der Waals surface area contributed by atoms with E-state index < -0.39 is 0 Å². The minimum Gasteiger partial charge on any atom is -0.308 e. The summed E-state index contributed by atoms with van der Waals surface area (Å²) < 4.78 is 0. The van der Waals surface area contributed by atoms with Gasteiger partial charge in [0.1, 0.15) is 0 Å². The van der Waals surface area contributed by atoms with Crippen LogP contribution in [-0.2, 0) is 0 Å². The molecule has 1 saturated carbocycles. The summed E-state index contributed by atoms with van der Waals surface area (Å²) in [6, 6.07) is 1.85. The molecule has 0 aromatic carbocycles. The predicted octanol–water partition coefficient (Wildman–Crippen LogP) is 1.15. The van der Waals surface area contributed by atoms with Crippen LogP contribution in [0.15, 0.2) is 0 Å². The monoisotopic (exact) mass is 111 g/mol. The van der Waals surface area contributed by atoms with Gasteiger partial charge in [0.2, 0.25) is 0 Å². The van der Waals surface area contributed by atoms with Crippen LogP contribution in [-0.4, -0.2) is 12.1 Å². The van der Waals surface area contributed by atoms with Gasteiger partial charge < -0.3 is 5.32 Å². The van der Waals surface area contributed by atoms with Crippen LogP contribution in [0.2, 0.25) is 0 Å². The van der Waals surface area contributed by atoms with E-state index in [-0.39, 0.29) is 0 Å². The Bertz CT molecular complexity index is 96.6. The van der Waals surface area contributed by atoms with Gasteiger partial charge in [-0.15, -0.1) is 0 Å². The Hall–Kier alpha value is -0.0400. The molecule has 2 fully saturated rings. The molecule has 2 rings (SSSR count). The highest BCUT2D eigenvalue weighted by molar-refractivity contribution is 5.05. The van der Waals surface area contributed by atoms with Crippen molar-refractivity contribution in [3.8, 4) is 0 Å². The van der Waals surface area contributed by atoms with Gasteiger partial charge >= 0.3 is 0 Å². The molecule has 1 heterocycles. The molecule has 1 aliphatic heterocycles. The molecular weight excluding hydrogens is 98.1 g/mol. The zero-order chi connectivity index (χ0) is 5.56. The maximum atomic E-state index is 3.48. The summed E-state index contributed by atoms with van der Waals surface area (Å²) in [6.07, 6.45) is 4.32. The summed E-state index contributed by atoms with van der Waals surface area (Å²) in [4.78, 5) is 0. The molecule has 8 heavy (non-hydrogen) atoms. The van der Waals surface area contributed by atoms with Crippen molar-refractivity contribution >= 4 is 0 Å². The van der Waals surface area contributed by atoms with E-state index in [2.05, 4.69) is 12.2 Å². The summed E-state index contributed by atoms with van der Waals surface area (Å²) in [5.41, 5.74) is 0. The summed E-state index contributed by atoms with van der Waals surface area (Å²) >= 11 is 0. The molecule has 1 nitrogen and oxygen atoms in total. The Kier molecular flexibility index (Phi) is 0.884. The molecule has 0 amide bonds. The third-order valence-corrected chi connectivity index (χ3v) is 2.30. The predicted molar refractivity (Wildman–Crippen MR) is 33.7 cm³/mol. The summed E-state index contributed by atoms with van der Waals surface area (Å²) in [5.74, 6) is 1.08. The van der Waals surface area contributed by atoms with Crippen molar-refractivity contribution in [3.05, 3.63) is 0 Å². The highest BCUT2D eigenvalue weighted by atomic mass is 15.2. The molecular formula is C7H13N. The van der Waals surface area contributed by atoms with Crippen LogP contribution in [0.3, 0.4) is 0 Å². The van der Waals surface area contributed by atoms with Gasteiger partial charge in [0.25, 0.3) is 0 Å². The summed E-state index contributed by atoms with van der Waals surface area (Å²) in [7, 11) is 0. The Labute approximate surface area is 50.5 Å². The van der Waals surface area contributed by atoms with Crippen LogP contribution in [0, 0.1) is 5.92 Å². The normalized spacial score (nSPS) is 44.6. The van der Waals surface area contributed by atoms with Gasteiger partial charge in [-0.3, -0.25) is 0 Å². The van der Waals surface area contributed by atoms with Gasteiger partial charge in [-0.1, -0.05) is 6.92 Å². The zero-order valence-electron chi connectivity index (χ0n) is 5.35. The van der Waals surface area contributed by atoms with Gasteiger partial charge in [0, 0.05) is 12.1 Å². The van der Waals surface area contributed by atoms with Crippen LogP contribution < -0.4 is 5.32 Å². The Balaban J connectivity index is 1.79. The first-order valence-electron chi connectivity index (χ1n) is 3.68. The van der Waals surface area contributed by atoms with Crippen molar-refractivity contribution in [1.82, 2.24) is 5.32 Å². The topological polar surface area (TPSA) is 21.9 Å². The first-order chi connectivity index (χ1) is 3.92. The molecule has 2 aliphatic rings. The standard InChI is InChI=1S/C7H13N/c1-2-6-7(8-6)5-3-4-5/h5-8H,2-4H2,1H3. The number of hydrogen-bond donors (Lipinski definition) is 1. The maximum Gasteiger partial charge on any atom is 0.0252 e. The van der Waals surface area contributed by atoms with Crippen LogP contribution in [0.1, 0.15) is 26.2 Å². The molecule has 0 aromatic rings. The maximum absolute atomic E-state index is 3.48. The minimum absolute atomic E-state index is 0.905. The SMILES string of the molecule is CCC1NC1C1CC1. The second-order valence-electron chi connectivity index (χ2n) is 3.04. The molecule has 2 unspecified atom stereocenters. The van der Waals surface area contributed by atoms with Crippen LogP contribution >= 0.6 is 0 Å². The van der Waals surface area contributed by atoms with E-state index in [1.807, 2.05) is 0 Å². The average Bonchev–Trinajstić information content (AvgIpc) is 2.62. The molecule has 1 saturated heterocycles. The Morgan fingerprint density at radius 2 is 2.25 bits per heavy atom. The fourth-order valence-electron chi connectivity index (χ4n) is 1.48. The third-order valence-electron chi connectivity index (χ3n) is 2.30. The minimum atomic E-state index is 0.905. The summed E-state index contributed by atoms with van der Waals surface area (Å²) in [5, 5.41) is 3.48. The number of rotatable bonds is 2. The fraction of sp³-hybridized carbons (Fsp3) is 1.00. The van der Waals surface area contributed by atoms with Crippen molar-refractivity contribution in [2.45, 2.75) is 38.3 Å². The smallest absolute Gasteiger partial charge is 0.0252 e. The highest BCUT2D eigenvalue weighted by Gasteiger charge is 2.45. The average molecular weight is 111 g/mol. The van der Waals surface area contributed by atoms with Crippen molar-refractivity contribution < 1.29 is 0 Å². The van der Waals surface area contributed by atoms with Crippen molar-refractivity contribution in [1.29, 1.82) is 0 Å². The van der Waals surface area contributed by atoms with Crippen LogP contribution in [0.5, 0.6) is 0 Å². The highest BCUT2D eigenvalue weighted by Crippen LogP contribution is 2.40. The second-order valence-corrected chi connectivity index (χ2v) is 3.04. The van der Waals surface area contributed by atoms with Gasteiger partial charge in [-0.05, 0) is 25.2 Å². The lowest BCUT2D eigenvalue weighted by molar-refractivity contribution is 0.759. The second kappa shape index (κ2) is 1.47. The van der Waals surface area contributed by atoms with E-state index in [0.717, 1.165) is 18.0 Å². The van der Waals surface area contributed by atoms with Gasteiger partial charge in [-0.25, -0.2) is 0 Å². The van der Waals surface area contributed by atoms with Gasteiger partial charge in [0.15, 0.2) is 0 Å². The lowest BCUT2D eigenvalue weighted by Crippen LogP contribution is -1.93. The van der Waals surface area contributed by atoms with Crippen molar-refractivity contribution in [2.75, 3.05) is 0 Å². The molecule has 0 radical (unpaired) electrons. The van der Waals surface area contributed by atoms with E-state index >= 15 is 0 Å². The van der Waals surface area contributed by atoms with E-state index in [9.17, 15) is 0 Å². The lowest BCUT2D eigenvalue weighted by Gasteiger charge is -1.84. The molecule has 46 valence electrons. The summed E-state index contributed by atoms with van der Waals surface area (Å²) in [6.45, 7) is 2.26. The molecule has 0 spiro atoms. The first-order valence-corrected chi connectivity index (χ1v) is 3.68. The molecule has 1 heteroatoms.